The van der Waals surface area contributed by atoms with E-state index in [1.807, 2.05) is 6.92 Å². The van der Waals surface area contributed by atoms with Gasteiger partial charge < -0.3 is 9.42 Å². The Kier molecular flexibility index (Phi) is 4.13. The van der Waals surface area contributed by atoms with Gasteiger partial charge in [-0.25, -0.2) is 9.97 Å². The van der Waals surface area contributed by atoms with Crippen LogP contribution in [0, 0.1) is 0 Å². The van der Waals surface area contributed by atoms with Crippen molar-refractivity contribution in [3.8, 4) is 0 Å². The number of hydrogen-bond donors (Lipinski definition) is 0. The molecule has 3 rings (SSSR count). The van der Waals surface area contributed by atoms with Gasteiger partial charge in [-0.1, -0.05) is 19.0 Å². The lowest BCUT2D eigenvalue weighted by Gasteiger charge is -2.32. The lowest BCUT2D eigenvalue weighted by Crippen LogP contribution is -2.35. The van der Waals surface area contributed by atoms with Crippen LogP contribution < -0.4 is 4.90 Å². The quantitative estimate of drug-likeness (QED) is 0.860. The molecule has 0 N–H and O–H groups in total. The molecule has 1 atom stereocenters. The summed E-state index contributed by atoms with van der Waals surface area (Å²) >= 11 is 0. The Labute approximate surface area is 124 Å². The first-order chi connectivity index (χ1) is 10.3. The Hall–Kier alpha value is -1.98. The lowest BCUT2D eigenvalue weighted by molar-refractivity contribution is 0.368. The van der Waals surface area contributed by atoms with E-state index in [0.29, 0.717) is 5.92 Å². The van der Waals surface area contributed by atoms with Crippen LogP contribution in [-0.2, 0) is 12.8 Å². The topological polar surface area (TPSA) is 67.9 Å². The Morgan fingerprint density at radius 1 is 1.29 bits per heavy atom. The third-order valence-electron chi connectivity index (χ3n) is 3.97. The third kappa shape index (κ3) is 3.04. The summed E-state index contributed by atoms with van der Waals surface area (Å²) in [6.45, 7) is 6.05. The van der Waals surface area contributed by atoms with Gasteiger partial charge in [-0.3, -0.25) is 0 Å². The van der Waals surface area contributed by atoms with Gasteiger partial charge in [0.05, 0.1) is 0 Å². The number of anilines is 1. The number of rotatable bonds is 4. The summed E-state index contributed by atoms with van der Waals surface area (Å²) in [4.78, 5) is 15.5. The molecule has 0 amide bonds. The maximum absolute atomic E-state index is 5.24. The number of aromatic nitrogens is 4. The third-order valence-corrected chi connectivity index (χ3v) is 3.97. The SMILES string of the molecule is CCc1cc(N2CCC[C@@H](c3noc(CC)n3)C2)ncn1. The molecule has 6 nitrogen and oxygen atoms in total. The maximum atomic E-state index is 5.24. The fourth-order valence-electron chi connectivity index (χ4n) is 2.73. The van der Waals surface area contributed by atoms with Crippen LogP contribution in [0.15, 0.2) is 16.9 Å². The first kappa shape index (κ1) is 14.0. The van der Waals surface area contributed by atoms with Gasteiger partial charge in [0.15, 0.2) is 5.82 Å². The fraction of sp³-hybridized carbons (Fsp3) is 0.600. The van der Waals surface area contributed by atoms with Gasteiger partial charge in [-0.05, 0) is 19.3 Å². The Morgan fingerprint density at radius 3 is 2.95 bits per heavy atom. The largest absolute Gasteiger partial charge is 0.356 e. The second-order valence-electron chi connectivity index (χ2n) is 5.41. The minimum atomic E-state index is 0.322. The average Bonchev–Trinajstić information content (AvgIpc) is 3.04. The molecule has 0 spiro atoms. The molecular formula is C15H21N5O. The zero-order chi connectivity index (χ0) is 14.7. The monoisotopic (exact) mass is 287 g/mol. The zero-order valence-electron chi connectivity index (χ0n) is 12.6. The standard InChI is InChI=1S/C15H21N5O/c1-3-12-8-13(17-10-16-12)20-7-5-6-11(9-20)15-18-14(4-2)21-19-15/h8,10-11H,3-7,9H2,1-2H3/t11-/m1/s1. The molecule has 0 bridgehead atoms. The van der Waals surface area contributed by atoms with Crippen LogP contribution in [0.5, 0.6) is 0 Å². The minimum Gasteiger partial charge on any atom is -0.356 e. The lowest BCUT2D eigenvalue weighted by atomic mass is 9.97. The van der Waals surface area contributed by atoms with Crippen LogP contribution in [0.2, 0.25) is 0 Å². The van der Waals surface area contributed by atoms with E-state index in [2.05, 4.69) is 38.0 Å². The molecule has 2 aromatic heterocycles. The second-order valence-corrected chi connectivity index (χ2v) is 5.41. The van der Waals surface area contributed by atoms with Crippen molar-refractivity contribution in [2.45, 2.75) is 45.4 Å². The van der Waals surface area contributed by atoms with E-state index in [0.717, 1.165) is 62.0 Å². The molecule has 2 aromatic rings. The highest BCUT2D eigenvalue weighted by atomic mass is 16.5. The van der Waals surface area contributed by atoms with Crippen LogP contribution >= 0.6 is 0 Å². The van der Waals surface area contributed by atoms with Crippen molar-refractivity contribution in [3.05, 3.63) is 29.8 Å². The highest BCUT2D eigenvalue weighted by Gasteiger charge is 2.26. The molecule has 6 heteroatoms. The van der Waals surface area contributed by atoms with Gasteiger partial charge in [0.25, 0.3) is 0 Å². The van der Waals surface area contributed by atoms with Crippen LogP contribution in [0.25, 0.3) is 0 Å². The number of aryl methyl sites for hydroxylation is 2. The van der Waals surface area contributed by atoms with Crippen LogP contribution in [0.3, 0.4) is 0 Å². The summed E-state index contributed by atoms with van der Waals surface area (Å²) in [5.74, 6) is 2.88. The maximum Gasteiger partial charge on any atom is 0.226 e. The molecule has 0 aromatic carbocycles. The van der Waals surface area contributed by atoms with Gasteiger partial charge in [0.1, 0.15) is 12.1 Å². The van der Waals surface area contributed by atoms with Crippen LogP contribution in [0.1, 0.15) is 50.0 Å². The van der Waals surface area contributed by atoms with Gasteiger partial charge in [-0.15, -0.1) is 0 Å². The van der Waals surface area contributed by atoms with Crippen molar-refractivity contribution >= 4 is 5.82 Å². The summed E-state index contributed by atoms with van der Waals surface area (Å²) in [6.07, 6.45) is 5.59. The van der Waals surface area contributed by atoms with Crippen molar-refractivity contribution in [2.24, 2.45) is 0 Å². The van der Waals surface area contributed by atoms with Crippen molar-refractivity contribution in [2.75, 3.05) is 18.0 Å². The van der Waals surface area contributed by atoms with Gasteiger partial charge in [0, 0.05) is 37.2 Å². The van der Waals surface area contributed by atoms with Gasteiger partial charge in [-0.2, -0.15) is 4.98 Å². The smallest absolute Gasteiger partial charge is 0.226 e. The molecule has 112 valence electrons. The van der Waals surface area contributed by atoms with Crippen molar-refractivity contribution in [1.29, 1.82) is 0 Å². The first-order valence-electron chi connectivity index (χ1n) is 7.68. The van der Waals surface area contributed by atoms with Gasteiger partial charge in [0.2, 0.25) is 5.89 Å². The van der Waals surface area contributed by atoms with E-state index in [-0.39, 0.29) is 0 Å². The van der Waals surface area contributed by atoms with E-state index in [9.17, 15) is 0 Å². The molecular weight excluding hydrogens is 266 g/mol. The Bertz CT molecular complexity index is 597. The van der Waals surface area contributed by atoms with E-state index < -0.39 is 0 Å². The summed E-state index contributed by atoms with van der Waals surface area (Å²) in [7, 11) is 0. The predicted octanol–water partition coefficient (Wildman–Crippen LogP) is 2.37. The molecule has 0 unspecified atom stereocenters. The van der Waals surface area contributed by atoms with Crippen molar-refractivity contribution < 1.29 is 4.52 Å². The number of hydrogen-bond acceptors (Lipinski definition) is 6. The molecule has 1 aliphatic rings. The fourth-order valence-corrected chi connectivity index (χ4v) is 2.73. The zero-order valence-corrected chi connectivity index (χ0v) is 12.6. The summed E-state index contributed by atoms with van der Waals surface area (Å²) in [6, 6.07) is 2.08. The number of nitrogens with zero attached hydrogens (tertiary/aromatic N) is 5. The molecule has 0 radical (unpaired) electrons. The summed E-state index contributed by atoms with van der Waals surface area (Å²) in [5, 5.41) is 4.13. The Morgan fingerprint density at radius 2 is 2.19 bits per heavy atom. The van der Waals surface area contributed by atoms with Crippen LogP contribution in [0.4, 0.5) is 5.82 Å². The van der Waals surface area contributed by atoms with E-state index in [4.69, 9.17) is 4.52 Å². The molecule has 1 saturated heterocycles. The first-order valence-corrected chi connectivity index (χ1v) is 7.68. The molecule has 0 saturated carbocycles. The second kappa shape index (κ2) is 6.20. The normalized spacial score (nSPS) is 19.0. The summed E-state index contributed by atoms with van der Waals surface area (Å²) < 4.78 is 5.24. The van der Waals surface area contributed by atoms with E-state index in [1.165, 1.54) is 0 Å². The van der Waals surface area contributed by atoms with E-state index in [1.54, 1.807) is 6.33 Å². The summed E-state index contributed by atoms with van der Waals surface area (Å²) in [5.41, 5.74) is 1.08. The van der Waals surface area contributed by atoms with Crippen molar-refractivity contribution in [3.63, 3.8) is 0 Å². The molecule has 1 aliphatic heterocycles. The molecule has 0 aliphatic carbocycles. The highest BCUT2D eigenvalue weighted by Crippen LogP contribution is 2.27. The highest BCUT2D eigenvalue weighted by molar-refractivity contribution is 5.40. The van der Waals surface area contributed by atoms with Crippen molar-refractivity contribution in [1.82, 2.24) is 20.1 Å². The molecule has 21 heavy (non-hydrogen) atoms. The van der Waals surface area contributed by atoms with Crippen LogP contribution in [-0.4, -0.2) is 33.2 Å². The van der Waals surface area contributed by atoms with E-state index >= 15 is 0 Å². The molecule has 3 heterocycles. The molecule has 1 fully saturated rings. The number of piperidine rings is 1. The minimum absolute atomic E-state index is 0.322. The van der Waals surface area contributed by atoms with Gasteiger partial charge >= 0.3 is 0 Å². The average molecular weight is 287 g/mol. The Balaban J connectivity index is 1.75. The predicted molar refractivity (Wildman–Crippen MR) is 79.3 cm³/mol.